The Labute approximate surface area is 154 Å². The SMILES string of the molecule is O=C(NC1CCN(c2ccccc2)CC1)N1CCCOc2ccccc21. The number of benzene rings is 2. The Kier molecular flexibility index (Phi) is 4.95. The van der Waals surface area contributed by atoms with Gasteiger partial charge in [0, 0.05) is 31.4 Å². The van der Waals surface area contributed by atoms with Crippen LogP contribution in [-0.4, -0.2) is 38.3 Å². The molecule has 5 heteroatoms. The number of ether oxygens (including phenoxy) is 1. The van der Waals surface area contributed by atoms with Crippen molar-refractivity contribution in [1.29, 1.82) is 0 Å². The summed E-state index contributed by atoms with van der Waals surface area (Å²) in [6.45, 7) is 3.27. The van der Waals surface area contributed by atoms with E-state index < -0.39 is 0 Å². The minimum Gasteiger partial charge on any atom is -0.491 e. The second kappa shape index (κ2) is 7.68. The first-order valence-electron chi connectivity index (χ1n) is 9.41. The minimum absolute atomic E-state index is 0.0129. The van der Waals surface area contributed by atoms with Gasteiger partial charge in [-0.15, -0.1) is 0 Å². The summed E-state index contributed by atoms with van der Waals surface area (Å²) in [5.41, 5.74) is 2.13. The fraction of sp³-hybridized carbons (Fsp3) is 0.381. The van der Waals surface area contributed by atoms with E-state index in [-0.39, 0.29) is 12.1 Å². The van der Waals surface area contributed by atoms with Gasteiger partial charge >= 0.3 is 6.03 Å². The fourth-order valence-electron chi connectivity index (χ4n) is 3.71. The number of anilines is 2. The van der Waals surface area contributed by atoms with Gasteiger partial charge in [0.2, 0.25) is 0 Å². The predicted molar refractivity (Wildman–Crippen MR) is 104 cm³/mol. The van der Waals surface area contributed by atoms with Crippen LogP contribution >= 0.6 is 0 Å². The molecule has 0 aromatic heterocycles. The van der Waals surface area contributed by atoms with Crippen molar-refractivity contribution < 1.29 is 9.53 Å². The molecule has 0 unspecified atom stereocenters. The van der Waals surface area contributed by atoms with Gasteiger partial charge in [-0.25, -0.2) is 4.79 Å². The maximum absolute atomic E-state index is 12.9. The highest BCUT2D eigenvalue weighted by molar-refractivity contribution is 5.93. The molecule has 1 saturated heterocycles. The van der Waals surface area contributed by atoms with Crippen LogP contribution in [0.15, 0.2) is 54.6 Å². The van der Waals surface area contributed by atoms with Crippen LogP contribution in [0.3, 0.4) is 0 Å². The number of carbonyl (C=O) groups excluding carboxylic acids is 1. The number of para-hydroxylation sites is 3. The number of nitrogens with zero attached hydrogens (tertiary/aromatic N) is 2. The summed E-state index contributed by atoms with van der Waals surface area (Å²) >= 11 is 0. The number of fused-ring (bicyclic) bond motifs is 1. The van der Waals surface area contributed by atoms with Crippen LogP contribution < -0.4 is 19.9 Å². The molecule has 0 aliphatic carbocycles. The Bertz CT molecular complexity index is 742. The number of nitrogens with one attached hydrogen (secondary N) is 1. The highest BCUT2D eigenvalue weighted by Crippen LogP contribution is 2.30. The van der Waals surface area contributed by atoms with Crippen LogP contribution in [0, 0.1) is 0 Å². The molecule has 2 heterocycles. The summed E-state index contributed by atoms with van der Waals surface area (Å²) in [7, 11) is 0. The van der Waals surface area contributed by atoms with Crippen LogP contribution in [0.2, 0.25) is 0 Å². The second-order valence-corrected chi connectivity index (χ2v) is 6.87. The molecule has 2 amide bonds. The Balaban J connectivity index is 1.37. The lowest BCUT2D eigenvalue weighted by Gasteiger charge is -2.35. The molecule has 0 atom stereocenters. The van der Waals surface area contributed by atoms with Gasteiger partial charge in [0.25, 0.3) is 0 Å². The van der Waals surface area contributed by atoms with Gasteiger partial charge < -0.3 is 15.0 Å². The highest BCUT2D eigenvalue weighted by Gasteiger charge is 2.26. The Morgan fingerprint density at radius 1 is 0.962 bits per heavy atom. The van der Waals surface area contributed by atoms with Gasteiger partial charge in [0.1, 0.15) is 5.75 Å². The molecule has 5 nitrogen and oxygen atoms in total. The molecule has 2 aromatic rings. The van der Waals surface area contributed by atoms with Crippen LogP contribution in [0.4, 0.5) is 16.2 Å². The molecule has 0 radical (unpaired) electrons. The van der Waals surface area contributed by atoms with Crippen molar-refractivity contribution >= 4 is 17.4 Å². The molecule has 136 valence electrons. The van der Waals surface area contributed by atoms with E-state index in [1.807, 2.05) is 35.2 Å². The third-order valence-corrected chi connectivity index (χ3v) is 5.13. The van der Waals surface area contributed by atoms with Crippen molar-refractivity contribution in [2.24, 2.45) is 0 Å². The summed E-state index contributed by atoms with van der Waals surface area (Å²) in [5, 5.41) is 3.23. The van der Waals surface area contributed by atoms with E-state index in [1.165, 1.54) is 5.69 Å². The van der Waals surface area contributed by atoms with Crippen molar-refractivity contribution in [3.63, 3.8) is 0 Å². The molecule has 26 heavy (non-hydrogen) atoms. The molecule has 4 rings (SSSR count). The molecule has 1 fully saturated rings. The van der Waals surface area contributed by atoms with Crippen LogP contribution in [-0.2, 0) is 0 Å². The van der Waals surface area contributed by atoms with Gasteiger partial charge in [-0.2, -0.15) is 0 Å². The van der Waals surface area contributed by atoms with Crippen molar-refractivity contribution in [3.8, 4) is 5.75 Å². The van der Waals surface area contributed by atoms with E-state index in [9.17, 15) is 4.79 Å². The monoisotopic (exact) mass is 351 g/mol. The van der Waals surface area contributed by atoms with E-state index in [4.69, 9.17) is 4.74 Å². The van der Waals surface area contributed by atoms with Gasteiger partial charge in [-0.05, 0) is 43.5 Å². The van der Waals surface area contributed by atoms with Crippen molar-refractivity contribution in [3.05, 3.63) is 54.6 Å². The van der Waals surface area contributed by atoms with E-state index in [0.29, 0.717) is 13.2 Å². The molecule has 0 saturated carbocycles. The van der Waals surface area contributed by atoms with Gasteiger partial charge in [-0.3, -0.25) is 4.90 Å². The third kappa shape index (κ3) is 3.62. The zero-order valence-electron chi connectivity index (χ0n) is 14.9. The van der Waals surface area contributed by atoms with Crippen molar-refractivity contribution in [2.45, 2.75) is 25.3 Å². The molecule has 1 N–H and O–H groups in total. The van der Waals surface area contributed by atoms with Gasteiger partial charge in [0.05, 0.1) is 12.3 Å². The third-order valence-electron chi connectivity index (χ3n) is 5.13. The minimum atomic E-state index is -0.0129. The topological polar surface area (TPSA) is 44.8 Å². The molecule has 2 aliphatic heterocycles. The van der Waals surface area contributed by atoms with E-state index in [0.717, 1.165) is 43.8 Å². The number of hydrogen-bond donors (Lipinski definition) is 1. The first-order chi connectivity index (χ1) is 12.8. The largest absolute Gasteiger partial charge is 0.491 e. The van der Waals surface area contributed by atoms with Crippen LogP contribution in [0.5, 0.6) is 5.75 Å². The zero-order valence-corrected chi connectivity index (χ0v) is 14.9. The van der Waals surface area contributed by atoms with Gasteiger partial charge in [0.15, 0.2) is 0 Å². The average molecular weight is 351 g/mol. The number of piperidine rings is 1. The molecular formula is C21H25N3O2. The summed E-state index contributed by atoms with van der Waals surface area (Å²) in [5.74, 6) is 0.791. The number of hydrogen-bond acceptors (Lipinski definition) is 3. The molecule has 0 bridgehead atoms. The molecule has 0 spiro atoms. The highest BCUT2D eigenvalue weighted by atomic mass is 16.5. The van der Waals surface area contributed by atoms with Crippen LogP contribution in [0.25, 0.3) is 0 Å². The zero-order chi connectivity index (χ0) is 17.8. The summed E-state index contributed by atoms with van der Waals surface area (Å²) in [6.07, 6.45) is 2.77. The lowest BCUT2D eigenvalue weighted by molar-refractivity contribution is 0.240. The fourth-order valence-corrected chi connectivity index (χ4v) is 3.71. The molecular weight excluding hydrogens is 326 g/mol. The lowest BCUT2D eigenvalue weighted by atomic mass is 10.0. The first-order valence-corrected chi connectivity index (χ1v) is 9.41. The summed E-state index contributed by atoms with van der Waals surface area (Å²) in [6, 6.07) is 18.5. The Morgan fingerprint density at radius 3 is 2.50 bits per heavy atom. The number of carbonyl (C=O) groups is 1. The first kappa shape index (κ1) is 16.8. The summed E-state index contributed by atoms with van der Waals surface area (Å²) in [4.78, 5) is 17.1. The smallest absolute Gasteiger partial charge is 0.322 e. The van der Waals surface area contributed by atoms with Gasteiger partial charge in [-0.1, -0.05) is 30.3 Å². The van der Waals surface area contributed by atoms with Crippen LogP contribution in [0.1, 0.15) is 19.3 Å². The maximum Gasteiger partial charge on any atom is 0.322 e. The maximum atomic E-state index is 12.9. The second-order valence-electron chi connectivity index (χ2n) is 6.87. The molecule has 2 aromatic carbocycles. The van der Waals surface area contributed by atoms with E-state index in [2.05, 4.69) is 34.5 Å². The van der Waals surface area contributed by atoms with Crippen molar-refractivity contribution in [1.82, 2.24) is 5.32 Å². The quantitative estimate of drug-likeness (QED) is 0.898. The Morgan fingerprint density at radius 2 is 1.69 bits per heavy atom. The van der Waals surface area contributed by atoms with E-state index >= 15 is 0 Å². The molecule has 2 aliphatic rings. The predicted octanol–water partition coefficient (Wildman–Crippen LogP) is 3.65. The van der Waals surface area contributed by atoms with E-state index in [1.54, 1.807) is 0 Å². The lowest BCUT2D eigenvalue weighted by Crippen LogP contribution is -2.49. The standard InChI is InChI=1S/C21H25N3O2/c25-21(24-13-6-16-26-20-10-5-4-9-19(20)24)22-17-11-14-23(15-12-17)18-7-2-1-3-8-18/h1-5,7-10,17H,6,11-16H2,(H,22,25). The normalized spacial score (nSPS) is 17.8. The Hall–Kier alpha value is -2.69. The number of urea groups is 1. The summed E-state index contributed by atoms with van der Waals surface area (Å²) < 4.78 is 5.75. The van der Waals surface area contributed by atoms with Crippen molar-refractivity contribution in [2.75, 3.05) is 36.0 Å². The number of amides is 2. The number of rotatable bonds is 2. The average Bonchev–Trinajstić information content (AvgIpc) is 2.92.